The largest absolute Gasteiger partial charge is 0.480 e. The van der Waals surface area contributed by atoms with Crippen LogP contribution in [0.2, 0.25) is 10.0 Å². The molecule has 1 unspecified atom stereocenters. The molecule has 0 aliphatic carbocycles. The van der Waals surface area contributed by atoms with E-state index in [2.05, 4.69) is 5.32 Å². The van der Waals surface area contributed by atoms with Gasteiger partial charge in [0.05, 0.1) is 5.37 Å². The number of rotatable bonds is 2. The fraction of sp³-hybridized carbons (Fsp3) is 0.300. The van der Waals surface area contributed by atoms with Gasteiger partial charge in [0.25, 0.3) is 0 Å². The minimum Gasteiger partial charge on any atom is -0.480 e. The lowest BCUT2D eigenvalue weighted by atomic mass is 10.2. The van der Waals surface area contributed by atoms with Crippen LogP contribution in [0.4, 0.5) is 0 Å². The molecule has 0 aromatic heterocycles. The van der Waals surface area contributed by atoms with Crippen LogP contribution in [0.3, 0.4) is 0 Å². The number of halogens is 2. The second-order valence-electron chi connectivity index (χ2n) is 3.47. The lowest BCUT2D eigenvalue weighted by molar-refractivity contribution is -0.138. The predicted molar refractivity (Wildman–Crippen MR) is 66.2 cm³/mol. The molecular formula is C10H9Cl2NO2S. The number of thioether (sulfide) groups is 1. The van der Waals surface area contributed by atoms with Crippen LogP contribution in [-0.2, 0) is 4.79 Å². The zero-order chi connectivity index (χ0) is 11.7. The number of carboxylic acid groups (broad SMARTS) is 1. The maximum Gasteiger partial charge on any atom is 0.321 e. The van der Waals surface area contributed by atoms with Gasteiger partial charge in [-0.2, -0.15) is 0 Å². The van der Waals surface area contributed by atoms with Crippen LogP contribution in [-0.4, -0.2) is 22.9 Å². The van der Waals surface area contributed by atoms with Gasteiger partial charge in [0, 0.05) is 15.8 Å². The van der Waals surface area contributed by atoms with Crippen LogP contribution in [0.15, 0.2) is 18.2 Å². The van der Waals surface area contributed by atoms with Crippen molar-refractivity contribution >= 4 is 40.9 Å². The molecule has 1 aliphatic heterocycles. The smallest absolute Gasteiger partial charge is 0.321 e. The number of hydrogen-bond donors (Lipinski definition) is 2. The SMILES string of the molecule is O=C(O)[C@H]1CSC(c2cc(Cl)cc(Cl)c2)N1. The summed E-state index contributed by atoms with van der Waals surface area (Å²) in [5.41, 5.74) is 0.909. The van der Waals surface area contributed by atoms with Gasteiger partial charge < -0.3 is 5.11 Å². The standard InChI is InChI=1S/C10H9Cl2NO2S/c11-6-1-5(2-7(12)3-6)9-13-8(4-16-9)10(14)15/h1-3,8-9,13H,4H2,(H,14,15)/t8-,9?/m1/s1. The zero-order valence-corrected chi connectivity index (χ0v) is 10.4. The van der Waals surface area contributed by atoms with Crippen LogP contribution < -0.4 is 5.32 Å². The molecule has 2 atom stereocenters. The summed E-state index contributed by atoms with van der Waals surface area (Å²) in [6, 6.07) is 4.73. The third kappa shape index (κ3) is 2.63. The van der Waals surface area contributed by atoms with E-state index in [0.29, 0.717) is 15.8 Å². The van der Waals surface area contributed by atoms with Gasteiger partial charge in [0.2, 0.25) is 0 Å². The van der Waals surface area contributed by atoms with E-state index in [4.69, 9.17) is 28.3 Å². The van der Waals surface area contributed by atoms with Crippen molar-refractivity contribution in [2.45, 2.75) is 11.4 Å². The molecule has 1 saturated heterocycles. The fourth-order valence-electron chi connectivity index (χ4n) is 1.53. The maximum absolute atomic E-state index is 10.8. The number of benzene rings is 1. The van der Waals surface area contributed by atoms with Crippen LogP contribution in [0, 0.1) is 0 Å². The normalized spacial score (nSPS) is 24.6. The summed E-state index contributed by atoms with van der Waals surface area (Å²) in [5, 5.41) is 12.9. The Morgan fingerprint density at radius 3 is 2.50 bits per heavy atom. The minimum absolute atomic E-state index is 0.0581. The van der Waals surface area contributed by atoms with Gasteiger partial charge in [0.1, 0.15) is 6.04 Å². The second kappa shape index (κ2) is 4.84. The summed E-state index contributed by atoms with van der Waals surface area (Å²) in [6.07, 6.45) is 0. The molecule has 1 aliphatic rings. The lowest BCUT2D eigenvalue weighted by Gasteiger charge is -2.12. The van der Waals surface area contributed by atoms with Crippen molar-refractivity contribution in [1.82, 2.24) is 5.32 Å². The van der Waals surface area contributed by atoms with Gasteiger partial charge in [-0.05, 0) is 23.8 Å². The van der Waals surface area contributed by atoms with Crippen molar-refractivity contribution in [3.8, 4) is 0 Å². The zero-order valence-electron chi connectivity index (χ0n) is 8.11. The molecule has 0 bridgehead atoms. The van der Waals surface area contributed by atoms with Gasteiger partial charge in [-0.15, -0.1) is 11.8 Å². The summed E-state index contributed by atoms with van der Waals surface area (Å²) < 4.78 is 0. The Kier molecular flexibility index (Phi) is 3.64. The number of carboxylic acids is 1. The monoisotopic (exact) mass is 277 g/mol. The van der Waals surface area contributed by atoms with Gasteiger partial charge in [-0.25, -0.2) is 0 Å². The van der Waals surface area contributed by atoms with Crippen molar-refractivity contribution in [3.05, 3.63) is 33.8 Å². The van der Waals surface area contributed by atoms with Crippen LogP contribution in [0.25, 0.3) is 0 Å². The molecule has 6 heteroatoms. The highest BCUT2D eigenvalue weighted by Gasteiger charge is 2.30. The third-order valence-corrected chi connectivity index (χ3v) is 3.97. The molecule has 2 rings (SSSR count). The molecule has 16 heavy (non-hydrogen) atoms. The summed E-state index contributed by atoms with van der Waals surface area (Å²) in [4.78, 5) is 10.8. The first kappa shape index (κ1) is 12.0. The summed E-state index contributed by atoms with van der Waals surface area (Å²) >= 11 is 13.3. The summed E-state index contributed by atoms with van der Waals surface area (Å²) in [6.45, 7) is 0. The highest BCUT2D eigenvalue weighted by Crippen LogP contribution is 2.35. The average molecular weight is 278 g/mol. The lowest BCUT2D eigenvalue weighted by Crippen LogP contribution is -2.33. The minimum atomic E-state index is -0.830. The van der Waals surface area contributed by atoms with Crippen molar-refractivity contribution in [1.29, 1.82) is 0 Å². The number of hydrogen-bond acceptors (Lipinski definition) is 3. The number of aliphatic carboxylic acids is 1. The number of nitrogens with one attached hydrogen (secondary N) is 1. The molecule has 1 fully saturated rings. The van der Waals surface area contributed by atoms with Gasteiger partial charge in [-0.3, -0.25) is 10.1 Å². The van der Waals surface area contributed by atoms with Crippen molar-refractivity contribution in [2.24, 2.45) is 0 Å². The molecule has 3 nitrogen and oxygen atoms in total. The Balaban J connectivity index is 2.17. The quantitative estimate of drug-likeness (QED) is 0.873. The highest BCUT2D eigenvalue weighted by molar-refractivity contribution is 7.99. The molecule has 0 amide bonds. The fourth-order valence-corrected chi connectivity index (χ4v) is 3.29. The van der Waals surface area contributed by atoms with Crippen molar-refractivity contribution in [2.75, 3.05) is 5.75 Å². The van der Waals surface area contributed by atoms with E-state index in [1.165, 1.54) is 0 Å². The molecule has 0 radical (unpaired) electrons. The van der Waals surface area contributed by atoms with E-state index in [-0.39, 0.29) is 5.37 Å². The van der Waals surface area contributed by atoms with Crippen LogP contribution in [0.5, 0.6) is 0 Å². The Labute approximate surface area is 107 Å². The van der Waals surface area contributed by atoms with E-state index >= 15 is 0 Å². The molecule has 1 heterocycles. The first-order chi connectivity index (χ1) is 7.56. The highest BCUT2D eigenvalue weighted by atomic mass is 35.5. The van der Waals surface area contributed by atoms with Crippen LogP contribution >= 0.6 is 35.0 Å². The Bertz CT molecular complexity index is 407. The Morgan fingerprint density at radius 1 is 1.38 bits per heavy atom. The average Bonchev–Trinajstić information content (AvgIpc) is 2.64. The predicted octanol–water partition coefficient (Wildman–Crippen LogP) is 2.78. The van der Waals surface area contributed by atoms with Gasteiger partial charge >= 0.3 is 5.97 Å². The van der Waals surface area contributed by atoms with E-state index in [9.17, 15) is 4.79 Å². The van der Waals surface area contributed by atoms with Crippen molar-refractivity contribution < 1.29 is 9.90 Å². The Hall–Kier alpha value is -0.420. The van der Waals surface area contributed by atoms with E-state index in [1.54, 1.807) is 30.0 Å². The van der Waals surface area contributed by atoms with E-state index < -0.39 is 12.0 Å². The van der Waals surface area contributed by atoms with E-state index in [0.717, 1.165) is 5.56 Å². The van der Waals surface area contributed by atoms with E-state index in [1.807, 2.05) is 0 Å². The van der Waals surface area contributed by atoms with Gasteiger partial charge in [-0.1, -0.05) is 23.2 Å². The first-order valence-corrected chi connectivity index (χ1v) is 6.43. The molecule has 2 N–H and O–H groups in total. The molecular weight excluding hydrogens is 269 g/mol. The Morgan fingerprint density at radius 2 is 2.00 bits per heavy atom. The third-order valence-electron chi connectivity index (χ3n) is 2.27. The molecule has 1 aromatic rings. The van der Waals surface area contributed by atoms with Crippen molar-refractivity contribution in [3.63, 3.8) is 0 Å². The first-order valence-electron chi connectivity index (χ1n) is 4.63. The molecule has 1 aromatic carbocycles. The maximum atomic E-state index is 10.8. The molecule has 0 saturated carbocycles. The molecule has 0 spiro atoms. The number of carbonyl (C=O) groups is 1. The topological polar surface area (TPSA) is 49.3 Å². The summed E-state index contributed by atoms with van der Waals surface area (Å²) in [7, 11) is 0. The molecule has 86 valence electrons. The summed E-state index contributed by atoms with van der Waals surface area (Å²) in [5.74, 6) is -0.285. The van der Waals surface area contributed by atoms with Gasteiger partial charge in [0.15, 0.2) is 0 Å². The van der Waals surface area contributed by atoms with Crippen LogP contribution in [0.1, 0.15) is 10.9 Å². The second-order valence-corrected chi connectivity index (χ2v) is 5.48.